The van der Waals surface area contributed by atoms with Crippen molar-refractivity contribution in [1.29, 1.82) is 0 Å². The molecule has 3 nitrogen and oxygen atoms in total. The van der Waals surface area contributed by atoms with E-state index in [1.165, 1.54) is 25.9 Å². The normalized spacial score (nSPS) is 23.8. The molecule has 3 N–H and O–H groups in total. The van der Waals surface area contributed by atoms with Crippen molar-refractivity contribution in [3.63, 3.8) is 0 Å². The summed E-state index contributed by atoms with van der Waals surface area (Å²) in [5, 5.41) is 4.39. The van der Waals surface area contributed by atoms with Gasteiger partial charge in [0.2, 0.25) is 0 Å². The number of nitrogens with one attached hydrogen (secondary N) is 1. The Balaban J connectivity index is 2.08. The molecule has 1 aliphatic rings. The number of hydrogen-bond donors (Lipinski definition) is 2. The molecule has 0 spiro atoms. The van der Waals surface area contributed by atoms with Crippen LogP contribution in [0.15, 0.2) is 22.7 Å². The second-order valence-corrected chi connectivity index (χ2v) is 7.20. The number of rotatable bonds is 5. The lowest BCUT2D eigenvalue weighted by Crippen LogP contribution is -2.46. The van der Waals surface area contributed by atoms with E-state index in [-0.39, 0.29) is 5.54 Å². The highest BCUT2D eigenvalue weighted by molar-refractivity contribution is 9.10. The van der Waals surface area contributed by atoms with Gasteiger partial charge in [-0.3, -0.25) is 0 Å². The van der Waals surface area contributed by atoms with E-state index in [0.29, 0.717) is 6.54 Å². The SMILES string of the molecule is CCCN1CCCC(CN)(Nc2ccc(Br)c(Cl)c2)CC1. The van der Waals surface area contributed by atoms with Gasteiger partial charge in [-0.1, -0.05) is 18.5 Å². The quantitative estimate of drug-likeness (QED) is 0.815. The average molecular weight is 375 g/mol. The molecule has 0 radical (unpaired) electrons. The minimum absolute atomic E-state index is 0.0142. The Morgan fingerprint density at radius 1 is 1.38 bits per heavy atom. The number of benzene rings is 1. The third-order valence-corrected chi connectivity index (χ3v) is 5.53. The number of nitrogens with zero attached hydrogens (tertiary/aromatic N) is 1. The molecule has 0 aromatic heterocycles. The number of hydrogen-bond acceptors (Lipinski definition) is 3. The highest BCUT2D eigenvalue weighted by Gasteiger charge is 2.31. The molecule has 2 rings (SSSR count). The summed E-state index contributed by atoms with van der Waals surface area (Å²) >= 11 is 9.62. The zero-order valence-corrected chi connectivity index (χ0v) is 15.0. The van der Waals surface area contributed by atoms with Crippen molar-refractivity contribution in [2.75, 3.05) is 31.5 Å². The second-order valence-electron chi connectivity index (χ2n) is 5.93. The highest BCUT2D eigenvalue weighted by atomic mass is 79.9. The smallest absolute Gasteiger partial charge is 0.0568 e. The minimum atomic E-state index is -0.0142. The van der Waals surface area contributed by atoms with Crippen LogP contribution >= 0.6 is 27.5 Å². The van der Waals surface area contributed by atoms with Crippen molar-refractivity contribution in [2.45, 2.75) is 38.1 Å². The molecule has 118 valence electrons. The van der Waals surface area contributed by atoms with Crippen LogP contribution in [-0.4, -0.2) is 36.6 Å². The van der Waals surface area contributed by atoms with Gasteiger partial charge in [0.05, 0.1) is 10.6 Å². The van der Waals surface area contributed by atoms with Crippen LogP contribution in [-0.2, 0) is 0 Å². The Hall–Kier alpha value is -0.290. The third-order valence-electron chi connectivity index (χ3n) is 4.30. The maximum atomic E-state index is 6.19. The summed E-state index contributed by atoms with van der Waals surface area (Å²) in [4.78, 5) is 2.55. The van der Waals surface area contributed by atoms with Crippen LogP contribution in [0.5, 0.6) is 0 Å². The summed E-state index contributed by atoms with van der Waals surface area (Å²) in [6.07, 6.45) is 4.59. The summed E-state index contributed by atoms with van der Waals surface area (Å²) in [5.41, 5.74) is 7.16. The summed E-state index contributed by atoms with van der Waals surface area (Å²) in [5.74, 6) is 0. The highest BCUT2D eigenvalue weighted by Crippen LogP contribution is 2.30. The Morgan fingerprint density at radius 2 is 2.19 bits per heavy atom. The number of nitrogens with two attached hydrogens (primary N) is 1. The van der Waals surface area contributed by atoms with Crippen LogP contribution < -0.4 is 11.1 Å². The van der Waals surface area contributed by atoms with Gasteiger partial charge in [-0.2, -0.15) is 0 Å². The van der Waals surface area contributed by atoms with Crippen molar-refractivity contribution in [1.82, 2.24) is 4.90 Å². The van der Waals surface area contributed by atoms with Crippen molar-refractivity contribution >= 4 is 33.2 Å². The van der Waals surface area contributed by atoms with E-state index in [0.717, 1.165) is 34.6 Å². The molecule has 1 aromatic carbocycles. The molecule has 1 aromatic rings. The van der Waals surface area contributed by atoms with Gasteiger partial charge in [0.15, 0.2) is 0 Å². The molecule has 0 bridgehead atoms. The molecule has 1 saturated heterocycles. The van der Waals surface area contributed by atoms with E-state index in [9.17, 15) is 0 Å². The molecule has 1 unspecified atom stereocenters. The summed E-state index contributed by atoms with van der Waals surface area (Å²) < 4.78 is 0.923. The predicted octanol–water partition coefficient (Wildman–Crippen LogP) is 4.11. The maximum Gasteiger partial charge on any atom is 0.0568 e. The fourth-order valence-corrected chi connectivity index (χ4v) is 3.48. The summed E-state index contributed by atoms with van der Waals surface area (Å²) in [7, 11) is 0. The topological polar surface area (TPSA) is 41.3 Å². The van der Waals surface area contributed by atoms with Crippen LogP contribution in [0.25, 0.3) is 0 Å². The lowest BCUT2D eigenvalue weighted by Gasteiger charge is -2.34. The van der Waals surface area contributed by atoms with Gasteiger partial charge >= 0.3 is 0 Å². The van der Waals surface area contributed by atoms with Crippen molar-refractivity contribution < 1.29 is 0 Å². The molecule has 1 heterocycles. The standard InChI is InChI=1S/C16H25BrClN3/c1-2-8-21-9-3-6-16(12-19,7-10-21)20-13-4-5-14(17)15(18)11-13/h4-5,11,20H,2-3,6-10,12,19H2,1H3. The first-order chi connectivity index (χ1) is 10.1. The fraction of sp³-hybridized carbons (Fsp3) is 0.625. The third kappa shape index (κ3) is 4.59. The molecule has 1 atom stereocenters. The van der Waals surface area contributed by atoms with Crippen LogP contribution in [0.1, 0.15) is 32.6 Å². The van der Waals surface area contributed by atoms with Crippen molar-refractivity contribution in [3.05, 3.63) is 27.7 Å². The fourth-order valence-electron chi connectivity index (χ4n) is 3.05. The predicted molar refractivity (Wildman–Crippen MR) is 95.1 cm³/mol. The van der Waals surface area contributed by atoms with Crippen LogP contribution in [0.2, 0.25) is 5.02 Å². The Bertz CT molecular complexity index is 469. The van der Waals surface area contributed by atoms with Crippen LogP contribution in [0.4, 0.5) is 5.69 Å². The van der Waals surface area contributed by atoms with Gasteiger partial charge in [0.1, 0.15) is 0 Å². The second kappa shape index (κ2) is 7.82. The first kappa shape index (κ1) is 17.1. The zero-order chi connectivity index (χ0) is 15.3. The van der Waals surface area contributed by atoms with E-state index in [1.54, 1.807) is 0 Å². The summed E-state index contributed by atoms with van der Waals surface area (Å²) in [6.45, 7) is 6.37. The molecular weight excluding hydrogens is 350 g/mol. The van der Waals surface area contributed by atoms with E-state index in [4.69, 9.17) is 17.3 Å². The summed E-state index contributed by atoms with van der Waals surface area (Å²) in [6, 6.07) is 6.01. The van der Waals surface area contributed by atoms with Gasteiger partial charge in [-0.05, 0) is 72.9 Å². The average Bonchev–Trinajstić information content (AvgIpc) is 2.67. The Morgan fingerprint density at radius 3 is 2.86 bits per heavy atom. The van der Waals surface area contributed by atoms with Gasteiger partial charge in [-0.15, -0.1) is 0 Å². The van der Waals surface area contributed by atoms with E-state index in [2.05, 4.69) is 39.1 Å². The Kier molecular flexibility index (Phi) is 6.35. The number of likely N-dealkylation sites (tertiary alicyclic amines) is 1. The molecule has 5 heteroatoms. The first-order valence-corrected chi connectivity index (χ1v) is 8.91. The minimum Gasteiger partial charge on any atom is -0.378 e. The van der Waals surface area contributed by atoms with Crippen LogP contribution in [0.3, 0.4) is 0 Å². The monoisotopic (exact) mass is 373 g/mol. The van der Waals surface area contributed by atoms with Crippen molar-refractivity contribution in [3.8, 4) is 0 Å². The van der Waals surface area contributed by atoms with Gasteiger partial charge in [0, 0.05) is 23.2 Å². The largest absolute Gasteiger partial charge is 0.378 e. The molecule has 1 aliphatic heterocycles. The number of anilines is 1. The van der Waals surface area contributed by atoms with Crippen molar-refractivity contribution in [2.24, 2.45) is 5.73 Å². The van der Waals surface area contributed by atoms with Gasteiger partial charge < -0.3 is 16.0 Å². The Labute approximate surface area is 141 Å². The van der Waals surface area contributed by atoms with Crippen LogP contribution in [0, 0.1) is 0 Å². The van der Waals surface area contributed by atoms with E-state index in [1.807, 2.05) is 12.1 Å². The number of halogens is 2. The van der Waals surface area contributed by atoms with E-state index >= 15 is 0 Å². The maximum absolute atomic E-state index is 6.19. The zero-order valence-electron chi connectivity index (χ0n) is 12.7. The molecule has 0 amide bonds. The van der Waals surface area contributed by atoms with Gasteiger partial charge in [-0.25, -0.2) is 0 Å². The first-order valence-electron chi connectivity index (χ1n) is 7.74. The molecule has 21 heavy (non-hydrogen) atoms. The lowest BCUT2D eigenvalue weighted by molar-refractivity contribution is 0.279. The molecule has 0 saturated carbocycles. The molecule has 0 aliphatic carbocycles. The van der Waals surface area contributed by atoms with Gasteiger partial charge in [0.25, 0.3) is 0 Å². The van der Waals surface area contributed by atoms with E-state index < -0.39 is 0 Å². The lowest BCUT2D eigenvalue weighted by atomic mass is 9.90. The molecular formula is C16H25BrClN3. The molecule has 1 fully saturated rings.